The van der Waals surface area contributed by atoms with Crippen LogP contribution in [0.1, 0.15) is 22.2 Å². The molecule has 0 saturated carbocycles. The molecule has 1 aliphatic heterocycles. The Kier molecular flexibility index (Phi) is 4.42. The fourth-order valence-electron chi connectivity index (χ4n) is 3.20. The van der Waals surface area contributed by atoms with Crippen molar-refractivity contribution in [3.05, 3.63) is 64.0 Å². The quantitative estimate of drug-likeness (QED) is 0.614. The molecule has 2 heterocycles. The minimum absolute atomic E-state index is 0.222. The molecule has 0 aliphatic carbocycles. The SMILES string of the molecule is C[C@H](OC(=O)c1sc2ccccc2c1Cl)C(=O)N1CCc2ccccc21. The van der Waals surface area contributed by atoms with Crippen LogP contribution in [0.3, 0.4) is 0 Å². The lowest BCUT2D eigenvalue weighted by molar-refractivity contribution is -0.126. The fraction of sp³-hybridized carbons (Fsp3) is 0.200. The lowest BCUT2D eigenvalue weighted by atomic mass is 10.2. The van der Waals surface area contributed by atoms with E-state index < -0.39 is 12.1 Å². The zero-order valence-electron chi connectivity index (χ0n) is 14.1. The van der Waals surface area contributed by atoms with Gasteiger partial charge in [-0.3, -0.25) is 4.79 Å². The molecule has 0 N–H and O–H groups in total. The Morgan fingerprint density at radius 1 is 1.15 bits per heavy atom. The largest absolute Gasteiger partial charge is 0.448 e. The summed E-state index contributed by atoms with van der Waals surface area (Å²) in [4.78, 5) is 27.3. The summed E-state index contributed by atoms with van der Waals surface area (Å²) in [5.74, 6) is -0.787. The molecule has 4 rings (SSSR count). The molecule has 1 aliphatic rings. The highest BCUT2D eigenvalue weighted by molar-refractivity contribution is 7.21. The van der Waals surface area contributed by atoms with Gasteiger partial charge in [0.05, 0.1) is 5.02 Å². The molecule has 132 valence electrons. The summed E-state index contributed by atoms with van der Waals surface area (Å²) in [7, 11) is 0. The van der Waals surface area contributed by atoms with E-state index in [1.54, 1.807) is 11.8 Å². The Bertz CT molecular complexity index is 1010. The number of hydrogen-bond donors (Lipinski definition) is 0. The molecule has 0 saturated heterocycles. The summed E-state index contributed by atoms with van der Waals surface area (Å²) in [5.41, 5.74) is 2.02. The third-order valence-corrected chi connectivity index (χ3v) is 6.16. The molecule has 3 aromatic rings. The van der Waals surface area contributed by atoms with Crippen molar-refractivity contribution in [2.75, 3.05) is 11.4 Å². The van der Waals surface area contributed by atoms with E-state index in [9.17, 15) is 9.59 Å². The van der Waals surface area contributed by atoms with Gasteiger partial charge >= 0.3 is 5.97 Å². The molecular formula is C20H16ClNO3S. The lowest BCUT2D eigenvalue weighted by Gasteiger charge is -2.21. The summed E-state index contributed by atoms with van der Waals surface area (Å²) in [6.07, 6.45) is -0.0694. The number of rotatable bonds is 3. The second-order valence-electron chi connectivity index (χ2n) is 6.16. The summed E-state index contributed by atoms with van der Waals surface area (Å²) >= 11 is 7.60. The number of amides is 1. The Morgan fingerprint density at radius 3 is 2.69 bits per heavy atom. The first-order valence-electron chi connectivity index (χ1n) is 8.33. The van der Waals surface area contributed by atoms with Crippen molar-refractivity contribution in [1.29, 1.82) is 0 Å². The average Bonchev–Trinajstić information content (AvgIpc) is 3.23. The molecular weight excluding hydrogens is 370 g/mol. The number of nitrogens with zero attached hydrogens (tertiary/aromatic N) is 1. The second kappa shape index (κ2) is 6.74. The highest BCUT2D eigenvalue weighted by Gasteiger charge is 2.30. The Morgan fingerprint density at radius 2 is 1.88 bits per heavy atom. The van der Waals surface area contributed by atoms with E-state index in [4.69, 9.17) is 16.3 Å². The first kappa shape index (κ1) is 17.1. The predicted molar refractivity (Wildman–Crippen MR) is 104 cm³/mol. The van der Waals surface area contributed by atoms with Crippen LogP contribution in [-0.2, 0) is 16.0 Å². The van der Waals surface area contributed by atoms with Gasteiger partial charge in [0.2, 0.25) is 0 Å². The summed E-state index contributed by atoms with van der Waals surface area (Å²) in [5, 5.41) is 1.19. The molecule has 6 heteroatoms. The number of carbonyl (C=O) groups is 2. The van der Waals surface area contributed by atoms with E-state index in [0.717, 1.165) is 27.8 Å². The average molecular weight is 386 g/mol. The standard InChI is InChI=1S/C20H16ClNO3S/c1-12(19(23)22-11-10-13-6-2-4-8-15(13)22)25-20(24)18-17(21)14-7-3-5-9-16(14)26-18/h2-9,12H,10-11H2,1H3/t12-/m0/s1. The van der Waals surface area contributed by atoms with E-state index in [0.29, 0.717) is 16.4 Å². The van der Waals surface area contributed by atoms with Gasteiger partial charge in [0.1, 0.15) is 4.88 Å². The van der Waals surface area contributed by atoms with E-state index in [2.05, 4.69) is 0 Å². The first-order chi connectivity index (χ1) is 12.6. The number of anilines is 1. The fourth-order valence-corrected chi connectivity index (χ4v) is 4.59. The molecule has 2 aromatic carbocycles. The summed E-state index contributed by atoms with van der Waals surface area (Å²) < 4.78 is 6.35. The van der Waals surface area contributed by atoms with Crippen LogP contribution in [0.5, 0.6) is 0 Å². The van der Waals surface area contributed by atoms with Gasteiger partial charge in [0.25, 0.3) is 5.91 Å². The zero-order chi connectivity index (χ0) is 18.3. The van der Waals surface area contributed by atoms with Gasteiger partial charge in [-0.25, -0.2) is 4.79 Å². The number of fused-ring (bicyclic) bond motifs is 2. The zero-order valence-corrected chi connectivity index (χ0v) is 15.6. The van der Waals surface area contributed by atoms with Gasteiger partial charge in [-0.15, -0.1) is 11.3 Å². The van der Waals surface area contributed by atoms with Gasteiger partial charge in [-0.05, 0) is 31.0 Å². The number of thiophene rings is 1. The van der Waals surface area contributed by atoms with Crippen LogP contribution in [0.25, 0.3) is 10.1 Å². The number of halogens is 1. The van der Waals surface area contributed by atoms with Crippen LogP contribution in [0.15, 0.2) is 48.5 Å². The number of ether oxygens (including phenoxy) is 1. The molecule has 1 amide bonds. The molecule has 26 heavy (non-hydrogen) atoms. The summed E-state index contributed by atoms with van der Waals surface area (Å²) in [6.45, 7) is 2.20. The van der Waals surface area contributed by atoms with Gasteiger partial charge in [0.15, 0.2) is 6.10 Å². The number of para-hydroxylation sites is 1. The monoisotopic (exact) mass is 385 g/mol. The van der Waals surface area contributed by atoms with Gasteiger partial charge in [0, 0.05) is 22.3 Å². The van der Waals surface area contributed by atoms with Crippen LogP contribution in [0, 0.1) is 0 Å². The topological polar surface area (TPSA) is 46.6 Å². The van der Waals surface area contributed by atoms with Crippen molar-refractivity contribution < 1.29 is 14.3 Å². The molecule has 1 aromatic heterocycles. The maximum absolute atomic E-state index is 12.8. The highest BCUT2D eigenvalue weighted by atomic mass is 35.5. The third kappa shape index (κ3) is 2.87. The third-order valence-electron chi connectivity index (χ3n) is 4.51. The van der Waals surface area contributed by atoms with E-state index in [-0.39, 0.29) is 5.91 Å². The van der Waals surface area contributed by atoms with E-state index in [1.165, 1.54) is 11.3 Å². The number of hydrogen-bond acceptors (Lipinski definition) is 4. The van der Waals surface area contributed by atoms with Crippen LogP contribution in [0.2, 0.25) is 5.02 Å². The molecule has 0 bridgehead atoms. The molecule has 0 fully saturated rings. The Balaban J connectivity index is 1.52. The molecule has 0 spiro atoms. The smallest absolute Gasteiger partial charge is 0.350 e. The molecule has 4 nitrogen and oxygen atoms in total. The van der Waals surface area contributed by atoms with Crippen molar-refractivity contribution >= 4 is 50.6 Å². The van der Waals surface area contributed by atoms with Crippen molar-refractivity contribution in [3.8, 4) is 0 Å². The minimum Gasteiger partial charge on any atom is -0.448 e. The number of carbonyl (C=O) groups excluding carboxylic acids is 2. The second-order valence-corrected chi connectivity index (χ2v) is 7.59. The normalized spacial score (nSPS) is 14.3. The first-order valence-corrected chi connectivity index (χ1v) is 9.53. The van der Waals surface area contributed by atoms with Crippen LogP contribution >= 0.6 is 22.9 Å². The molecule has 0 unspecified atom stereocenters. The maximum atomic E-state index is 12.8. The summed E-state index contributed by atoms with van der Waals surface area (Å²) in [6, 6.07) is 15.3. The van der Waals surface area contributed by atoms with E-state index >= 15 is 0 Å². The predicted octanol–water partition coefficient (Wildman–Crippen LogP) is 4.69. The van der Waals surface area contributed by atoms with Gasteiger partial charge < -0.3 is 9.64 Å². The van der Waals surface area contributed by atoms with Crippen molar-refractivity contribution in [2.45, 2.75) is 19.4 Å². The maximum Gasteiger partial charge on any atom is 0.350 e. The van der Waals surface area contributed by atoms with E-state index in [1.807, 2.05) is 48.5 Å². The minimum atomic E-state index is -0.880. The van der Waals surface area contributed by atoms with Gasteiger partial charge in [-0.1, -0.05) is 48.0 Å². The Hall–Kier alpha value is -2.37. The van der Waals surface area contributed by atoms with Crippen molar-refractivity contribution in [2.24, 2.45) is 0 Å². The van der Waals surface area contributed by atoms with Crippen LogP contribution in [-0.4, -0.2) is 24.5 Å². The lowest BCUT2D eigenvalue weighted by Crippen LogP contribution is -2.39. The molecule has 1 atom stereocenters. The molecule has 0 radical (unpaired) electrons. The van der Waals surface area contributed by atoms with Crippen LogP contribution < -0.4 is 4.90 Å². The van der Waals surface area contributed by atoms with Gasteiger partial charge in [-0.2, -0.15) is 0 Å². The number of esters is 1. The van der Waals surface area contributed by atoms with Crippen molar-refractivity contribution in [3.63, 3.8) is 0 Å². The highest BCUT2D eigenvalue weighted by Crippen LogP contribution is 2.36. The van der Waals surface area contributed by atoms with Crippen LogP contribution in [0.4, 0.5) is 5.69 Å². The van der Waals surface area contributed by atoms with Crippen molar-refractivity contribution in [1.82, 2.24) is 0 Å². The Labute approximate surface area is 159 Å². The number of benzene rings is 2.